The van der Waals surface area contributed by atoms with Crippen LogP contribution in [-0.4, -0.2) is 49.6 Å². The van der Waals surface area contributed by atoms with Gasteiger partial charge in [-0.2, -0.15) is 13.2 Å². The Kier molecular flexibility index (Phi) is 10.6. The number of aryl methyl sites for hydroxylation is 1. The van der Waals surface area contributed by atoms with Crippen LogP contribution >= 0.6 is 0 Å². The number of sulfone groups is 1. The molecule has 0 fully saturated rings. The lowest BCUT2D eigenvalue weighted by Crippen LogP contribution is -2.58. The number of carbonyl (C=O) groups is 2. The van der Waals surface area contributed by atoms with Crippen molar-refractivity contribution in [3.05, 3.63) is 90.0 Å². The summed E-state index contributed by atoms with van der Waals surface area (Å²) in [4.78, 5) is 26.5. The van der Waals surface area contributed by atoms with E-state index in [0.29, 0.717) is 11.1 Å². The van der Waals surface area contributed by atoms with Gasteiger partial charge in [0.2, 0.25) is 11.8 Å². The van der Waals surface area contributed by atoms with Gasteiger partial charge in [0.1, 0.15) is 6.04 Å². The number of hydrogen-bond donors (Lipinski definition) is 2. The number of alkyl halides is 3. The topological polar surface area (TPSA) is 124 Å². The van der Waals surface area contributed by atoms with Crippen molar-refractivity contribution in [2.45, 2.75) is 62.3 Å². The maximum atomic E-state index is 15.0. The lowest BCUT2D eigenvalue weighted by molar-refractivity contribution is -0.201. The molecule has 226 valence electrons. The third-order valence-corrected chi connectivity index (χ3v) is 8.20. The highest BCUT2D eigenvalue weighted by Crippen LogP contribution is 2.42. The molecule has 0 saturated carbocycles. The van der Waals surface area contributed by atoms with Crippen molar-refractivity contribution in [1.29, 1.82) is 0 Å². The zero-order valence-electron chi connectivity index (χ0n) is 23.7. The molecule has 0 aromatic heterocycles. The molecule has 0 aliphatic carbocycles. The van der Waals surface area contributed by atoms with Crippen LogP contribution in [0.2, 0.25) is 0 Å². The van der Waals surface area contributed by atoms with Crippen molar-refractivity contribution in [1.82, 2.24) is 4.90 Å². The van der Waals surface area contributed by atoms with Crippen LogP contribution in [0, 0.1) is 5.92 Å². The molecule has 0 heterocycles. The number of amides is 2. The molecule has 3 atom stereocenters. The lowest BCUT2D eigenvalue weighted by atomic mass is 9.91. The van der Waals surface area contributed by atoms with Crippen molar-refractivity contribution in [2.75, 3.05) is 6.26 Å². The third-order valence-electron chi connectivity index (χ3n) is 7.07. The summed E-state index contributed by atoms with van der Waals surface area (Å²) in [7, 11) is -3.41. The molecule has 7 nitrogen and oxygen atoms in total. The first-order valence-electron chi connectivity index (χ1n) is 13.5. The van der Waals surface area contributed by atoms with E-state index in [1.54, 1.807) is 56.3 Å². The fourth-order valence-electron chi connectivity index (χ4n) is 5.08. The second-order valence-electron chi connectivity index (χ2n) is 10.8. The maximum Gasteiger partial charge on any atom is 0.408 e. The molecule has 11 heteroatoms. The SMILES string of the molecule is CC(C)C[C@@H](C(N)=O)N([C@@H](c1ccc(-c2ccc(S(C)(=O)=O)cc2)cc1)C(F)(F)F)[C@@H](CCc1ccccc1)C(N)=O. The third kappa shape index (κ3) is 8.42. The molecule has 3 aromatic carbocycles. The number of carbonyl (C=O) groups excluding carboxylic acids is 2. The van der Waals surface area contributed by atoms with Gasteiger partial charge >= 0.3 is 6.18 Å². The molecule has 0 unspecified atom stereocenters. The highest BCUT2D eigenvalue weighted by Gasteiger charge is 2.51. The number of halogens is 3. The van der Waals surface area contributed by atoms with E-state index >= 15 is 0 Å². The zero-order chi connectivity index (χ0) is 31.2. The van der Waals surface area contributed by atoms with E-state index in [-0.39, 0.29) is 35.6 Å². The van der Waals surface area contributed by atoms with E-state index in [9.17, 15) is 31.2 Å². The lowest BCUT2D eigenvalue weighted by Gasteiger charge is -2.42. The van der Waals surface area contributed by atoms with Crippen LogP contribution in [0.15, 0.2) is 83.8 Å². The minimum absolute atomic E-state index is 0.0121. The Labute approximate surface area is 244 Å². The van der Waals surface area contributed by atoms with Gasteiger partial charge < -0.3 is 11.5 Å². The molecule has 0 saturated heterocycles. The second-order valence-corrected chi connectivity index (χ2v) is 12.8. The summed E-state index contributed by atoms with van der Waals surface area (Å²) in [6.07, 6.45) is -3.63. The summed E-state index contributed by atoms with van der Waals surface area (Å²) >= 11 is 0. The molecule has 0 spiro atoms. The molecule has 3 rings (SSSR count). The minimum Gasteiger partial charge on any atom is -0.368 e. The summed E-state index contributed by atoms with van der Waals surface area (Å²) in [5.41, 5.74) is 13.2. The van der Waals surface area contributed by atoms with E-state index in [4.69, 9.17) is 11.5 Å². The maximum absolute atomic E-state index is 15.0. The highest BCUT2D eigenvalue weighted by molar-refractivity contribution is 7.90. The summed E-state index contributed by atoms with van der Waals surface area (Å²) in [6.45, 7) is 3.51. The normalized spacial score (nSPS) is 14.5. The average Bonchev–Trinajstić information content (AvgIpc) is 2.90. The number of nitrogens with two attached hydrogens (primary N) is 2. The first-order chi connectivity index (χ1) is 19.6. The van der Waals surface area contributed by atoms with Crippen LogP contribution in [0.25, 0.3) is 11.1 Å². The Morgan fingerprint density at radius 1 is 0.810 bits per heavy atom. The van der Waals surface area contributed by atoms with E-state index < -0.39 is 46.0 Å². The predicted molar refractivity (Wildman–Crippen MR) is 156 cm³/mol. The van der Waals surface area contributed by atoms with Gasteiger partial charge in [-0.15, -0.1) is 0 Å². The van der Waals surface area contributed by atoms with Crippen molar-refractivity contribution in [3.63, 3.8) is 0 Å². The molecule has 0 aliphatic rings. The molecule has 4 N–H and O–H groups in total. The molecule has 3 aromatic rings. The van der Waals surface area contributed by atoms with Gasteiger partial charge in [0.25, 0.3) is 0 Å². The largest absolute Gasteiger partial charge is 0.408 e. The van der Waals surface area contributed by atoms with E-state index in [2.05, 4.69) is 0 Å². The number of nitrogens with zero attached hydrogens (tertiary/aromatic N) is 1. The fraction of sp³-hybridized carbons (Fsp3) is 0.355. The van der Waals surface area contributed by atoms with Crippen LogP contribution in [0.1, 0.15) is 43.9 Å². The van der Waals surface area contributed by atoms with Crippen molar-refractivity contribution < 1.29 is 31.2 Å². The summed E-state index contributed by atoms with van der Waals surface area (Å²) in [5, 5.41) is 0. The van der Waals surface area contributed by atoms with Gasteiger partial charge in [-0.3, -0.25) is 14.5 Å². The molecule has 42 heavy (non-hydrogen) atoms. The van der Waals surface area contributed by atoms with E-state index in [1.165, 1.54) is 36.4 Å². The number of benzene rings is 3. The Balaban J connectivity index is 2.10. The molecular formula is C31H36F3N3O4S. The van der Waals surface area contributed by atoms with E-state index in [0.717, 1.165) is 16.7 Å². The summed E-state index contributed by atoms with van der Waals surface area (Å²) < 4.78 is 68.5. The van der Waals surface area contributed by atoms with Crippen LogP contribution in [0.4, 0.5) is 13.2 Å². The van der Waals surface area contributed by atoms with Gasteiger partial charge in [0.15, 0.2) is 9.84 Å². The van der Waals surface area contributed by atoms with E-state index in [1.807, 2.05) is 0 Å². The summed E-state index contributed by atoms with van der Waals surface area (Å²) in [5.74, 6) is -2.18. The number of hydrogen-bond acceptors (Lipinski definition) is 5. The number of primary amides is 2. The first-order valence-corrected chi connectivity index (χ1v) is 15.4. The second kappa shape index (κ2) is 13.5. The monoisotopic (exact) mass is 603 g/mol. The smallest absolute Gasteiger partial charge is 0.368 e. The Morgan fingerprint density at radius 3 is 1.74 bits per heavy atom. The minimum atomic E-state index is -4.90. The standard InChI is InChI=1S/C31H36F3N3O4S/c1-20(2)19-27(30(36)39)37(26(29(35)38)18-9-21-7-5-4-6-8-21)28(31(32,33)34)24-12-10-22(11-13-24)23-14-16-25(17-15-23)42(3,40)41/h4-8,10-17,20,26-28H,9,18-19H2,1-3H3,(H2,35,38)(H2,36,39)/t26-,27-,28-/m0/s1. The average molecular weight is 604 g/mol. The molecular weight excluding hydrogens is 567 g/mol. The summed E-state index contributed by atoms with van der Waals surface area (Å²) in [6, 6.07) is 15.2. The van der Waals surface area contributed by atoms with Crippen LogP contribution in [-0.2, 0) is 25.8 Å². The number of rotatable bonds is 13. The predicted octanol–water partition coefficient (Wildman–Crippen LogP) is 5.05. The van der Waals surface area contributed by atoms with Crippen molar-refractivity contribution in [2.24, 2.45) is 17.4 Å². The first kappa shape index (κ1) is 32.8. The van der Waals surface area contributed by atoms with Gasteiger partial charge in [0.05, 0.1) is 17.0 Å². The van der Waals surface area contributed by atoms with Gasteiger partial charge in [0, 0.05) is 6.26 Å². The molecule has 0 bridgehead atoms. The van der Waals surface area contributed by atoms with Gasteiger partial charge in [-0.05, 0) is 59.6 Å². The van der Waals surface area contributed by atoms with Crippen LogP contribution < -0.4 is 11.5 Å². The molecule has 0 radical (unpaired) electrons. The molecule has 2 amide bonds. The fourth-order valence-corrected chi connectivity index (χ4v) is 5.71. The van der Waals surface area contributed by atoms with Gasteiger partial charge in [-0.1, -0.05) is 80.6 Å². The Bertz CT molecular complexity index is 1460. The quantitative estimate of drug-likeness (QED) is 0.283. The van der Waals surface area contributed by atoms with Crippen LogP contribution in [0.3, 0.4) is 0 Å². The van der Waals surface area contributed by atoms with Crippen molar-refractivity contribution >= 4 is 21.7 Å². The Hall–Kier alpha value is -3.70. The zero-order valence-corrected chi connectivity index (χ0v) is 24.5. The molecule has 0 aliphatic heterocycles. The van der Waals surface area contributed by atoms with Gasteiger partial charge in [-0.25, -0.2) is 8.42 Å². The van der Waals surface area contributed by atoms with Crippen molar-refractivity contribution in [3.8, 4) is 11.1 Å². The Morgan fingerprint density at radius 2 is 1.31 bits per heavy atom. The highest BCUT2D eigenvalue weighted by atomic mass is 32.2. The van der Waals surface area contributed by atoms with Crippen LogP contribution in [0.5, 0.6) is 0 Å².